The molecule has 18 heavy (non-hydrogen) atoms. The Morgan fingerprint density at radius 3 is 2.83 bits per heavy atom. The lowest BCUT2D eigenvalue weighted by Crippen LogP contribution is -2.34. The maximum Gasteiger partial charge on any atom is 0.253 e. The van der Waals surface area contributed by atoms with Gasteiger partial charge >= 0.3 is 0 Å². The summed E-state index contributed by atoms with van der Waals surface area (Å²) in [7, 11) is 0. The Kier molecular flexibility index (Phi) is 4.71. The number of hydrogen-bond donors (Lipinski definition) is 1. The fourth-order valence-electron chi connectivity index (χ4n) is 2.17. The van der Waals surface area contributed by atoms with E-state index >= 15 is 0 Å². The molecule has 0 aliphatic carbocycles. The number of benzene rings is 1. The number of amides is 1. The van der Waals surface area contributed by atoms with Gasteiger partial charge in [0.05, 0.1) is 0 Å². The van der Waals surface area contributed by atoms with Crippen LogP contribution in [-0.2, 0) is 0 Å². The van der Waals surface area contributed by atoms with Crippen LogP contribution in [0.4, 0.5) is 4.39 Å². The highest BCUT2D eigenvalue weighted by atomic mass is 35.5. The van der Waals surface area contributed by atoms with Gasteiger partial charge in [0.15, 0.2) is 0 Å². The van der Waals surface area contributed by atoms with Gasteiger partial charge in [-0.3, -0.25) is 4.79 Å². The topological polar surface area (TPSA) is 46.3 Å². The summed E-state index contributed by atoms with van der Waals surface area (Å²) in [4.78, 5) is 13.9. The van der Waals surface area contributed by atoms with Gasteiger partial charge in [0, 0.05) is 18.7 Å². The fourth-order valence-corrected chi connectivity index (χ4v) is 2.17. The normalized spacial score (nSPS) is 22.7. The molecule has 1 aliphatic rings. The smallest absolute Gasteiger partial charge is 0.253 e. The lowest BCUT2D eigenvalue weighted by Gasteiger charge is -2.22. The molecule has 1 atom stereocenters. The van der Waals surface area contributed by atoms with E-state index in [-0.39, 0.29) is 29.5 Å². The van der Waals surface area contributed by atoms with Crippen LogP contribution in [0.1, 0.15) is 23.7 Å². The van der Waals surface area contributed by atoms with Crippen LogP contribution in [0.2, 0.25) is 0 Å². The van der Waals surface area contributed by atoms with Crippen molar-refractivity contribution < 1.29 is 9.18 Å². The van der Waals surface area contributed by atoms with Gasteiger partial charge in [0.1, 0.15) is 5.82 Å². The molecule has 1 heterocycles. The fraction of sp³-hybridized carbons (Fsp3) is 0.462. The quantitative estimate of drug-likeness (QED) is 0.896. The molecule has 0 saturated carbocycles. The van der Waals surface area contributed by atoms with Gasteiger partial charge in [0.2, 0.25) is 0 Å². The second-order valence-electron chi connectivity index (χ2n) is 5.00. The highest BCUT2D eigenvalue weighted by Gasteiger charge is 2.35. The maximum absolute atomic E-state index is 13.0. The molecule has 2 rings (SSSR count). The average molecular weight is 273 g/mol. The highest BCUT2D eigenvalue weighted by Crippen LogP contribution is 2.29. The number of nitrogens with two attached hydrogens (primary N) is 1. The molecule has 1 aromatic rings. The van der Waals surface area contributed by atoms with Gasteiger partial charge in [-0.2, -0.15) is 0 Å². The van der Waals surface area contributed by atoms with Crippen molar-refractivity contribution >= 4 is 18.3 Å². The molecule has 5 heteroatoms. The molecule has 2 N–H and O–H groups in total. The minimum atomic E-state index is -0.378. The van der Waals surface area contributed by atoms with E-state index in [1.165, 1.54) is 12.1 Å². The third-order valence-corrected chi connectivity index (χ3v) is 3.41. The third-order valence-electron chi connectivity index (χ3n) is 3.41. The van der Waals surface area contributed by atoms with Crippen LogP contribution in [0.5, 0.6) is 0 Å². The van der Waals surface area contributed by atoms with E-state index in [4.69, 9.17) is 5.73 Å². The van der Waals surface area contributed by atoms with E-state index < -0.39 is 0 Å². The summed E-state index contributed by atoms with van der Waals surface area (Å²) < 4.78 is 13.0. The van der Waals surface area contributed by atoms with Crippen molar-refractivity contribution in [2.24, 2.45) is 11.1 Å². The zero-order valence-electron chi connectivity index (χ0n) is 10.4. The Bertz CT molecular complexity index is 441. The summed E-state index contributed by atoms with van der Waals surface area (Å²) in [6.07, 6.45) is 0.907. The Hall–Kier alpha value is -1.13. The zero-order chi connectivity index (χ0) is 12.5. The van der Waals surface area contributed by atoms with Crippen LogP contribution >= 0.6 is 12.4 Å². The number of nitrogens with zero attached hydrogens (tertiary/aromatic N) is 1. The molecule has 100 valence electrons. The first-order valence-corrected chi connectivity index (χ1v) is 5.79. The molecule has 0 bridgehead atoms. The zero-order valence-corrected chi connectivity index (χ0v) is 11.2. The first-order chi connectivity index (χ1) is 8.04. The van der Waals surface area contributed by atoms with E-state index in [1.54, 1.807) is 17.0 Å². The molecule has 3 nitrogen and oxygen atoms in total. The summed E-state index contributed by atoms with van der Waals surface area (Å²) >= 11 is 0. The second-order valence-corrected chi connectivity index (χ2v) is 5.00. The Labute approximate surface area is 113 Å². The van der Waals surface area contributed by atoms with E-state index in [2.05, 4.69) is 6.92 Å². The maximum atomic E-state index is 13.0. The summed E-state index contributed by atoms with van der Waals surface area (Å²) in [5.74, 6) is -0.488. The Morgan fingerprint density at radius 2 is 2.28 bits per heavy atom. The van der Waals surface area contributed by atoms with Crippen molar-refractivity contribution in [3.8, 4) is 0 Å². The largest absolute Gasteiger partial charge is 0.338 e. The van der Waals surface area contributed by atoms with Gasteiger partial charge in [-0.05, 0) is 36.6 Å². The molecule has 1 unspecified atom stereocenters. The van der Waals surface area contributed by atoms with Gasteiger partial charge in [-0.1, -0.05) is 13.0 Å². The van der Waals surface area contributed by atoms with Crippen LogP contribution in [0.3, 0.4) is 0 Å². The molecule has 1 aliphatic heterocycles. The van der Waals surface area contributed by atoms with Crippen molar-refractivity contribution in [1.29, 1.82) is 0 Å². The first kappa shape index (κ1) is 14.9. The molecule has 1 fully saturated rings. The number of rotatable bonds is 2. The molecule has 0 aromatic heterocycles. The lowest BCUT2D eigenvalue weighted by atomic mass is 9.90. The van der Waals surface area contributed by atoms with E-state index in [9.17, 15) is 9.18 Å². The Balaban J connectivity index is 0.00000162. The molecule has 1 aromatic carbocycles. The summed E-state index contributed by atoms with van der Waals surface area (Å²) in [6, 6.07) is 5.81. The summed E-state index contributed by atoms with van der Waals surface area (Å²) in [6.45, 7) is 3.99. The second kappa shape index (κ2) is 5.67. The van der Waals surface area contributed by atoms with Gasteiger partial charge in [0.25, 0.3) is 5.91 Å². The van der Waals surface area contributed by atoms with Gasteiger partial charge in [-0.25, -0.2) is 4.39 Å². The van der Waals surface area contributed by atoms with Crippen LogP contribution in [0, 0.1) is 11.2 Å². The number of likely N-dealkylation sites (tertiary alicyclic amines) is 1. The number of hydrogen-bond acceptors (Lipinski definition) is 2. The van der Waals surface area contributed by atoms with E-state index in [1.807, 2.05) is 0 Å². The molecule has 0 radical (unpaired) electrons. The van der Waals surface area contributed by atoms with Crippen molar-refractivity contribution in [2.45, 2.75) is 13.3 Å². The Morgan fingerprint density at radius 1 is 1.56 bits per heavy atom. The molecule has 1 amide bonds. The summed E-state index contributed by atoms with van der Waals surface area (Å²) in [5.41, 5.74) is 6.11. The average Bonchev–Trinajstić information content (AvgIpc) is 2.72. The van der Waals surface area contributed by atoms with Crippen LogP contribution in [0.15, 0.2) is 24.3 Å². The van der Waals surface area contributed by atoms with Crippen LogP contribution in [-0.4, -0.2) is 30.4 Å². The SMILES string of the molecule is CC1(CN)CCN(C(=O)c2cccc(F)c2)C1.Cl. The predicted molar refractivity (Wildman–Crippen MR) is 71.3 cm³/mol. The summed E-state index contributed by atoms with van der Waals surface area (Å²) in [5, 5.41) is 0. The van der Waals surface area contributed by atoms with Gasteiger partial charge in [-0.15, -0.1) is 12.4 Å². The van der Waals surface area contributed by atoms with Gasteiger partial charge < -0.3 is 10.6 Å². The predicted octanol–water partition coefficient (Wildman–Crippen LogP) is 2.06. The van der Waals surface area contributed by atoms with Crippen molar-refractivity contribution in [2.75, 3.05) is 19.6 Å². The number of halogens is 2. The molecule has 0 spiro atoms. The standard InChI is InChI=1S/C13H17FN2O.ClH/c1-13(8-15)5-6-16(9-13)12(17)10-3-2-4-11(14)7-10;/h2-4,7H,5-6,8-9,15H2,1H3;1H. The van der Waals surface area contributed by atoms with Crippen molar-refractivity contribution in [3.05, 3.63) is 35.6 Å². The van der Waals surface area contributed by atoms with E-state index in [0.29, 0.717) is 25.2 Å². The molecule has 1 saturated heterocycles. The molecular formula is C13H18ClFN2O. The minimum Gasteiger partial charge on any atom is -0.338 e. The third kappa shape index (κ3) is 3.00. The van der Waals surface area contributed by atoms with Crippen LogP contribution in [0.25, 0.3) is 0 Å². The van der Waals surface area contributed by atoms with Crippen molar-refractivity contribution in [1.82, 2.24) is 4.90 Å². The van der Waals surface area contributed by atoms with E-state index in [0.717, 1.165) is 6.42 Å². The number of carbonyl (C=O) groups is 1. The molecular weight excluding hydrogens is 255 g/mol. The minimum absolute atomic E-state index is 0. The van der Waals surface area contributed by atoms with Crippen molar-refractivity contribution in [3.63, 3.8) is 0 Å². The number of carbonyl (C=O) groups excluding carboxylic acids is 1. The van der Waals surface area contributed by atoms with Crippen LogP contribution < -0.4 is 5.73 Å². The highest BCUT2D eigenvalue weighted by molar-refractivity contribution is 5.94. The monoisotopic (exact) mass is 272 g/mol. The first-order valence-electron chi connectivity index (χ1n) is 5.79. The lowest BCUT2D eigenvalue weighted by molar-refractivity contribution is 0.0776.